The predicted octanol–water partition coefficient (Wildman–Crippen LogP) is 1.36. The Labute approximate surface area is 101 Å². The van der Waals surface area contributed by atoms with Crippen molar-refractivity contribution in [2.75, 3.05) is 18.4 Å². The van der Waals surface area contributed by atoms with Gasteiger partial charge in [0.1, 0.15) is 5.82 Å². The molecule has 92 valence electrons. The van der Waals surface area contributed by atoms with Gasteiger partial charge in [-0.25, -0.2) is 4.98 Å². The summed E-state index contributed by atoms with van der Waals surface area (Å²) in [6.07, 6.45) is 1.87. The molecular formula is C12H19N5. The second-order valence-electron chi connectivity index (χ2n) is 4.11. The quantitative estimate of drug-likeness (QED) is 0.765. The van der Waals surface area contributed by atoms with Crippen molar-refractivity contribution < 1.29 is 0 Å². The number of hydrogen-bond donors (Lipinski definition) is 2. The van der Waals surface area contributed by atoms with Crippen molar-refractivity contribution >= 4 is 11.5 Å². The van der Waals surface area contributed by atoms with Crippen LogP contribution in [0.2, 0.25) is 0 Å². The molecule has 5 heteroatoms. The molecule has 0 amide bonds. The summed E-state index contributed by atoms with van der Waals surface area (Å²) in [5.74, 6) is 0.987. The SMILES string of the molecule is CCc1cc2nc(C)cc(NCCCN)n2n1. The third kappa shape index (κ3) is 2.55. The lowest BCUT2D eigenvalue weighted by Crippen LogP contribution is -2.11. The van der Waals surface area contributed by atoms with Crippen LogP contribution in [-0.4, -0.2) is 27.7 Å². The Morgan fingerprint density at radius 1 is 1.41 bits per heavy atom. The molecule has 2 heterocycles. The Bertz CT molecular complexity index is 503. The van der Waals surface area contributed by atoms with E-state index in [4.69, 9.17) is 5.73 Å². The molecule has 0 saturated carbocycles. The van der Waals surface area contributed by atoms with E-state index >= 15 is 0 Å². The van der Waals surface area contributed by atoms with Gasteiger partial charge < -0.3 is 11.1 Å². The summed E-state index contributed by atoms with van der Waals surface area (Å²) in [6, 6.07) is 4.04. The number of nitrogens with zero attached hydrogens (tertiary/aromatic N) is 3. The molecule has 0 atom stereocenters. The molecule has 17 heavy (non-hydrogen) atoms. The van der Waals surface area contributed by atoms with Gasteiger partial charge in [0.15, 0.2) is 5.65 Å². The number of rotatable bonds is 5. The van der Waals surface area contributed by atoms with Crippen LogP contribution in [0.25, 0.3) is 5.65 Å². The number of hydrogen-bond acceptors (Lipinski definition) is 4. The third-order valence-electron chi connectivity index (χ3n) is 2.66. The molecule has 0 bridgehead atoms. The van der Waals surface area contributed by atoms with Crippen LogP contribution in [0.3, 0.4) is 0 Å². The fraction of sp³-hybridized carbons (Fsp3) is 0.500. The van der Waals surface area contributed by atoms with E-state index in [2.05, 4.69) is 22.3 Å². The van der Waals surface area contributed by atoms with Crippen LogP contribution in [0.1, 0.15) is 24.7 Å². The summed E-state index contributed by atoms with van der Waals surface area (Å²) in [4.78, 5) is 4.47. The zero-order chi connectivity index (χ0) is 12.3. The van der Waals surface area contributed by atoms with Gasteiger partial charge in [0.2, 0.25) is 0 Å². The van der Waals surface area contributed by atoms with Crippen molar-refractivity contribution in [3.63, 3.8) is 0 Å². The standard InChI is InChI=1S/C12H19N5/c1-3-10-8-12-15-9(2)7-11(17(12)16-10)14-6-4-5-13/h7-8,14H,3-6,13H2,1-2H3. The Balaban J connectivity index is 2.34. The molecule has 0 aliphatic carbocycles. The van der Waals surface area contributed by atoms with Gasteiger partial charge in [-0.05, 0) is 26.3 Å². The van der Waals surface area contributed by atoms with Crippen molar-refractivity contribution in [2.24, 2.45) is 5.73 Å². The molecule has 0 aliphatic rings. The largest absolute Gasteiger partial charge is 0.370 e. The van der Waals surface area contributed by atoms with Gasteiger partial charge in [0, 0.05) is 24.4 Å². The van der Waals surface area contributed by atoms with Crippen LogP contribution in [0.15, 0.2) is 12.1 Å². The minimum Gasteiger partial charge on any atom is -0.370 e. The molecule has 2 aromatic rings. The van der Waals surface area contributed by atoms with E-state index in [1.807, 2.05) is 23.6 Å². The highest BCUT2D eigenvalue weighted by molar-refractivity contribution is 5.50. The van der Waals surface area contributed by atoms with E-state index in [0.29, 0.717) is 6.54 Å². The average molecular weight is 233 g/mol. The number of nitrogens with one attached hydrogen (secondary N) is 1. The summed E-state index contributed by atoms with van der Waals surface area (Å²) >= 11 is 0. The van der Waals surface area contributed by atoms with Gasteiger partial charge in [-0.3, -0.25) is 0 Å². The molecule has 0 aliphatic heterocycles. The molecular weight excluding hydrogens is 214 g/mol. The summed E-state index contributed by atoms with van der Waals surface area (Å²) < 4.78 is 1.86. The molecule has 0 saturated heterocycles. The zero-order valence-corrected chi connectivity index (χ0v) is 10.4. The summed E-state index contributed by atoms with van der Waals surface area (Å²) in [5, 5.41) is 7.86. The molecule has 0 spiro atoms. The predicted molar refractivity (Wildman–Crippen MR) is 69.3 cm³/mol. The topological polar surface area (TPSA) is 68.2 Å². The van der Waals surface area contributed by atoms with Gasteiger partial charge in [-0.1, -0.05) is 6.92 Å². The minimum absolute atomic E-state index is 0.694. The van der Waals surface area contributed by atoms with Crippen molar-refractivity contribution in [3.05, 3.63) is 23.5 Å². The molecule has 2 rings (SSSR count). The van der Waals surface area contributed by atoms with Crippen LogP contribution < -0.4 is 11.1 Å². The molecule has 0 fully saturated rings. The normalized spacial score (nSPS) is 11.0. The van der Waals surface area contributed by atoms with Crippen LogP contribution in [-0.2, 0) is 6.42 Å². The van der Waals surface area contributed by atoms with E-state index in [9.17, 15) is 0 Å². The fourth-order valence-corrected chi connectivity index (χ4v) is 1.76. The maximum atomic E-state index is 5.49. The number of fused-ring (bicyclic) bond motifs is 1. The first-order chi connectivity index (χ1) is 8.24. The fourth-order valence-electron chi connectivity index (χ4n) is 1.76. The maximum Gasteiger partial charge on any atom is 0.157 e. The van der Waals surface area contributed by atoms with E-state index in [1.165, 1.54) is 0 Å². The third-order valence-corrected chi connectivity index (χ3v) is 2.66. The van der Waals surface area contributed by atoms with Crippen molar-refractivity contribution in [1.82, 2.24) is 14.6 Å². The highest BCUT2D eigenvalue weighted by Crippen LogP contribution is 2.14. The van der Waals surface area contributed by atoms with Crippen molar-refractivity contribution in [1.29, 1.82) is 0 Å². The van der Waals surface area contributed by atoms with Crippen LogP contribution in [0.4, 0.5) is 5.82 Å². The van der Waals surface area contributed by atoms with E-state index in [0.717, 1.165) is 42.2 Å². The maximum absolute atomic E-state index is 5.49. The molecule has 0 unspecified atom stereocenters. The smallest absolute Gasteiger partial charge is 0.157 e. The molecule has 5 nitrogen and oxygen atoms in total. The number of aryl methyl sites for hydroxylation is 2. The summed E-state index contributed by atoms with van der Waals surface area (Å²) in [5.41, 5.74) is 8.44. The highest BCUT2D eigenvalue weighted by Gasteiger charge is 2.06. The zero-order valence-electron chi connectivity index (χ0n) is 10.4. The Morgan fingerprint density at radius 2 is 2.24 bits per heavy atom. The van der Waals surface area contributed by atoms with E-state index in [1.54, 1.807) is 0 Å². The number of aromatic nitrogens is 3. The first-order valence-corrected chi connectivity index (χ1v) is 6.05. The monoisotopic (exact) mass is 233 g/mol. The molecule has 0 radical (unpaired) electrons. The molecule has 0 aromatic carbocycles. The second kappa shape index (κ2) is 5.14. The lowest BCUT2D eigenvalue weighted by atomic mass is 10.3. The van der Waals surface area contributed by atoms with Gasteiger partial charge >= 0.3 is 0 Å². The van der Waals surface area contributed by atoms with Crippen LogP contribution in [0, 0.1) is 6.92 Å². The van der Waals surface area contributed by atoms with Crippen molar-refractivity contribution in [3.8, 4) is 0 Å². The van der Waals surface area contributed by atoms with Crippen LogP contribution in [0.5, 0.6) is 0 Å². The van der Waals surface area contributed by atoms with Gasteiger partial charge in [-0.15, -0.1) is 0 Å². The Morgan fingerprint density at radius 3 is 2.94 bits per heavy atom. The lowest BCUT2D eigenvalue weighted by molar-refractivity contribution is 0.840. The summed E-state index contributed by atoms with van der Waals surface area (Å²) in [6.45, 7) is 5.64. The van der Waals surface area contributed by atoms with Crippen molar-refractivity contribution in [2.45, 2.75) is 26.7 Å². The number of anilines is 1. The van der Waals surface area contributed by atoms with E-state index in [-0.39, 0.29) is 0 Å². The lowest BCUT2D eigenvalue weighted by Gasteiger charge is -2.08. The van der Waals surface area contributed by atoms with Gasteiger partial charge in [0.25, 0.3) is 0 Å². The first kappa shape index (κ1) is 11.9. The summed E-state index contributed by atoms with van der Waals surface area (Å²) in [7, 11) is 0. The van der Waals surface area contributed by atoms with Crippen LogP contribution >= 0.6 is 0 Å². The second-order valence-corrected chi connectivity index (χ2v) is 4.11. The Kier molecular flexibility index (Phi) is 3.58. The van der Waals surface area contributed by atoms with Gasteiger partial charge in [-0.2, -0.15) is 9.61 Å². The van der Waals surface area contributed by atoms with E-state index < -0.39 is 0 Å². The first-order valence-electron chi connectivity index (χ1n) is 6.05. The highest BCUT2D eigenvalue weighted by atomic mass is 15.3. The molecule has 3 N–H and O–H groups in total. The molecule has 2 aromatic heterocycles. The minimum atomic E-state index is 0.694. The number of nitrogens with two attached hydrogens (primary N) is 1. The average Bonchev–Trinajstić information content (AvgIpc) is 2.72. The Hall–Kier alpha value is -1.62. The van der Waals surface area contributed by atoms with Gasteiger partial charge in [0.05, 0.1) is 5.69 Å².